The number of guanidine groups is 1. The molecule has 0 saturated carbocycles. The molecule has 0 aliphatic carbocycles. The molecule has 3 N–H and O–H groups in total. The molecule has 1 fully saturated rings. The molecule has 1 aliphatic heterocycles. The van der Waals surface area contributed by atoms with Gasteiger partial charge in [-0.2, -0.15) is 0 Å². The van der Waals surface area contributed by atoms with Crippen LogP contribution >= 0.6 is 0 Å². The van der Waals surface area contributed by atoms with Gasteiger partial charge in [-0.1, -0.05) is 24.3 Å². The van der Waals surface area contributed by atoms with Gasteiger partial charge >= 0.3 is 0 Å². The zero-order chi connectivity index (χ0) is 22.8. The summed E-state index contributed by atoms with van der Waals surface area (Å²) in [7, 11) is 0. The van der Waals surface area contributed by atoms with Crippen LogP contribution in [0.5, 0.6) is 5.75 Å². The van der Waals surface area contributed by atoms with Gasteiger partial charge in [0.25, 0.3) is 0 Å². The van der Waals surface area contributed by atoms with Gasteiger partial charge in [0.15, 0.2) is 5.96 Å². The first-order chi connectivity index (χ1) is 15.5. The lowest BCUT2D eigenvalue weighted by molar-refractivity contribution is -0.114. The lowest BCUT2D eigenvalue weighted by Gasteiger charge is -2.17. The number of carbonyl (C=O) groups excluding carboxylic acids is 1. The van der Waals surface area contributed by atoms with Crippen LogP contribution < -0.4 is 20.7 Å². The van der Waals surface area contributed by atoms with Crippen molar-refractivity contribution >= 4 is 17.6 Å². The third kappa shape index (κ3) is 7.57. The van der Waals surface area contributed by atoms with Gasteiger partial charge in [-0.05, 0) is 49.6 Å². The molecule has 1 amide bonds. The first kappa shape index (κ1) is 23.6. The van der Waals surface area contributed by atoms with Crippen molar-refractivity contribution in [2.45, 2.75) is 40.3 Å². The Bertz CT molecular complexity index is 923. The molecule has 0 radical (unpaired) electrons. The van der Waals surface area contributed by atoms with Gasteiger partial charge in [-0.15, -0.1) is 0 Å². The normalized spacial score (nSPS) is 16.0. The molecule has 172 valence electrons. The Morgan fingerprint density at radius 1 is 1.22 bits per heavy atom. The Labute approximate surface area is 190 Å². The minimum absolute atomic E-state index is 0.0859. The van der Waals surface area contributed by atoms with E-state index >= 15 is 0 Å². The summed E-state index contributed by atoms with van der Waals surface area (Å²) in [4.78, 5) is 16.0. The van der Waals surface area contributed by atoms with Crippen LogP contribution in [0.15, 0.2) is 47.5 Å². The van der Waals surface area contributed by atoms with Crippen LogP contribution in [-0.4, -0.2) is 38.2 Å². The number of aryl methyl sites for hydroxylation is 1. The summed E-state index contributed by atoms with van der Waals surface area (Å²) < 4.78 is 11.6. The van der Waals surface area contributed by atoms with E-state index in [1.165, 1.54) is 12.5 Å². The average Bonchev–Trinajstić information content (AvgIpc) is 3.28. The SMILES string of the molecule is CCNC(=NCc1cccc(NC(C)=O)c1)NCc1ccc(C)cc1OCC1CCOC1. The molecule has 1 atom stereocenters. The number of ether oxygens (including phenoxy) is 2. The second kappa shape index (κ2) is 12.1. The Balaban J connectivity index is 1.63. The number of aliphatic imine (C=N–C) groups is 1. The Morgan fingerprint density at radius 2 is 2.09 bits per heavy atom. The third-order valence-electron chi connectivity index (χ3n) is 5.18. The van der Waals surface area contributed by atoms with Crippen molar-refractivity contribution in [3.05, 3.63) is 59.2 Å². The van der Waals surface area contributed by atoms with Gasteiger partial charge in [0, 0.05) is 43.8 Å². The second-order valence-corrected chi connectivity index (χ2v) is 8.08. The quantitative estimate of drug-likeness (QED) is 0.411. The summed E-state index contributed by atoms with van der Waals surface area (Å²) in [6, 6.07) is 14.0. The smallest absolute Gasteiger partial charge is 0.221 e. The van der Waals surface area contributed by atoms with Crippen LogP contribution in [0, 0.1) is 12.8 Å². The van der Waals surface area contributed by atoms with E-state index in [1.54, 1.807) is 0 Å². The number of carbonyl (C=O) groups is 1. The van der Waals surface area contributed by atoms with Gasteiger partial charge < -0.3 is 25.4 Å². The van der Waals surface area contributed by atoms with Gasteiger partial charge in [0.05, 0.1) is 19.8 Å². The van der Waals surface area contributed by atoms with Crippen molar-refractivity contribution in [1.29, 1.82) is 0 Å². The van der Waals surface area contributed by atoms with Crippen LogP contribution in [0.25, 0.3) is 0 Å². The maximum atomic E-state index is 11.3. The molecule has 1 unspecified atom stereocenters. The molecule has 1 saturated heterocycles. The van der Waals surface area contributed by atoms with Crippen LogP contribution in [0.4, 0.5) is 5.69 Å². The van der Waals surface area contributed by atoms with E-state index in [1.807, 2.05) is 31.2 Å². The fourth-order valence-corrected chi connectivity index (χ4v) is 3.51. The van der Waals surface area contributed by atoms with Gasteiger partial charge in [0.2, 0.25) is 5.91 Å². The fourth-order valence-electron chi connectivity index (χ4n) is 3.51. The van der Waals surface area contributed by atoms with Crippen molar-refractivity contribution in [2.24, 2.45) is 10.9 Å². The first-order valence-corrected chi connectivity index (χ1v) is 11.2. The topological polar surface area (TPSA) is 84.0 Å². The highest BCUT2D eigenvalue weighted by Gasteiger charge is 2.17. The molecule has 1 aliphatic rings. The van der Waals surface area contributed by atoms with Crippen LogP contribution in [0.3, 0.4) is 0 Å². The van der Waals surface area contributed by atoms with E-state index in [2.05, 4.69) is 41.1 Å². The highest BCUT2D eigenvalue weighted by Crippen LogP contribution is 2.22. The molecule has 0 bridgehead atoms. The number of benzene rings is 2. The molecule has 0 aromatic heterocycles. The molecule has 2 aromatic carbocycles. The number of hydrogen-bond donors (Lipinski definition) is 3. The van der Waals surface area contributed by atoms with Gasteiger partial charge in [-0.25, -0.2) is 4.99 Å². The lowest BCUT2D eigenvalue weighted by atomic mass is 10.1. The standard InChI is InChI=1S/C25H34N4O3/c1-4-26-25(27-14-20-6-5-7-23(13-20)29-19(3)30)28-15-22-9-8-18(2)12-24(22)32-17-21-10-11-31-16-21/h5-9,12-13,21H,4,10-11,14-17H2,1-3H3,(H,29,30)(H2,26,27,28). The minimum atomic E-state index is -0.0859. The third-order valence-corrected chi connectivity index (χ3v) is 5.18. The molecule has 7 nitrogen and oxygen atoms in total. The molecular weight excluding hydrogens is 404 g/mol. The summed E-state index contributed by atoms with van der Waals surface area (Å²) in [5.41, 5.74) is 4.06. The predicted octanol–water partition coefficient (Wildman–Crippen LogP) is 3.62. The summed E-state index contributed by atoms with van der Waals surface area (Å²) in [6.45, 7) is 9.76. The number of amides is 1. The number of nitrogens with one attached hydrogen (secondary N) is 3. The van der Waals surface area contributed by atoms with E-state index in [4.69, 9.17) is 14.5 Å². The average molecular weight is 439 g/mol. The monoisotopic (exact) mass is 438 g/mol. The highest BCUT2D eigenvalue weighted by atomic mass is 16.5. The Kier molecular flexibility index (Phi) is 8.92. The summed E-state index contributed by atoms with van der Waals surface area (Å²) >= 11 is 0. The number of hydrogen-bond acceptors (Lipinski definition) is 4. The zero-order valence-corrected chi connectivity index (χ0v) is 19.2. The molecule has 7 heteroatoms. The predicted molar refractivity (Wildman–Crippen MR) is 128 cm³/mol. The number of anilines is 1. The molecular formula is C25H34N4O3. The maximum Gasteiger partial charge on any atom is 0.221 e. The van der Waals surface area contributed by atoms with Crippen LogP contribution in [0.2, 0.25) is 0 Å². The maximum absolute atomic E-state index is 11.3. The van der Waals surface area contributed by atoms with Crippen LogP contribution in [-0.2, 0) is 22.6 Å². The largest absolute Gasteiger partial charge is 0.493 e. The van der Waals surface area contributed by atoms with Crippen molar-refractivity contribution in [3.63, 3.8) is 0 Å². The van der Waals surface area contributed by atoms with Gasteiger partial charge in [0.1, 0.15) is 5.75 Å². The van der Waals surface area contributed by atoms with Crippen molar-refractivity contribution in [3.8, 4) is 5.75 Å². The van der Waals surface area contributed by atoms with E-state index in [0.29, 0.717) is 25.6 Å². The molecule has 0 spiro atoms. The summed E-state index contributed by atoms with van der Waals surface area (Å²) in [5.74, 6) is 2.01. The van der Waals surface area contributed by atoms with Gasteiger partial charge in [-0.3, -0.25) is 4.79 Å². The molecule has 1 heterocycles. The van der Waals surface area contributed by atoms with E-state index < -0.39 is 0 Å². The van der Waals surface area contributed by atoms with Crippen molar-refractivity contribution in [2.75, 3.05) is 31.7 Å². The molecule has 32 heavy (non-hydrogen) atoms. The van der Waals surface area contributed by atoms with E-state index in [0.717, 1.165) is 54.7 Å². The van der Waals surface area contributed by atoms with Crippen molar-refractivity contribution < 1.29 is 14.3 Å². The number of rotatable bonds is 9. The Morgan fingerprint density at radius 3 is 2.84 bits per heavy atom. The molecule has 2 aromatic rings. The first-order valence-electron chi connectivity index (χ1n) is 11.2. The zero-order valence-electron chi connectivity index (χ0n) is 19.2. The minimum Gasteiger partial charge on any atom is -0.493 e. The van der Waals surface area contributed by atoms with E-state index in [9.17, 15) is 4.79 Å². The fraction of sp³-hybridized carbons (Fsp3) is 0.440. The van der Waals surface area contributed by atoms with Crippen LogP contribution in [0.1, 0.15) is 37.0 Å². The summed E-state index contributed by atoms with van der Waals surface area (Å²) in [6.07, 6.45) is 1.06. The highest BCUT2D eigenvalue weighted by molar-refractivity contribution is 5.88. The Hall–Kier alpha value is -3.06. The summed E-state index contributed by atoms with van der Waals surface area (Å²) in [5, 5.41) is 9.50. The number of nitrogens with zero attached hydrogens (tertiary/aromatic N) is 1. The lowest BCUT2D eigenvalue weighted by Crippen LogP contribution is -2.36. The van der Waals surface area contributed by atoms with Crippen molar-refractivity contribution in [1.82, 2.24) is 10.6 Å². The van der Waals surface area contributed by atoms with E-state index in [-0.39, 0.29) is 5.91 Å². The second-order valence-electron chi connectivity index (χ2n) is 8.08. The molecule has 3 rings (SSSR count).